The van der Waals surface area contributed by atoms with Gasteiger partial charge in [0.1, 0.15) is 23.9 Å². The van der Waals surface area contributed by atoms with Gasteiger partial charge in [0, 0.05) is 16.8 Å². The van der Waals surface area contributed by atoms with Gasteiger partial charge in [0.05, 0.1) is 18.6 Å². The van der Waals surface area contributed by atoms with E-state index in [0.29, 0.717) is 34.9 Å². The van der Waals surface area contributed by atoms with E-state index in [9.17, 15) is 13.2 Å². The summed E-state index contributed by atoms with van der Waals surface area (Å²) in [5, 5.41) is 7.83. The summed E-state index contributed by atoms with van der Waals surface area (Å²) in [4.78, 5) is 12.7. The highest BCUT2D eigenvalue weighted by atomic mass is 32.2. The highest BCUT2D eigenvalue weighted by Crippen LogP contribution is 2.24. The van der Waals surface area contributed by atoms with E-state index in [0.717, 1.165) is 5.75 Å². The molecule has 8 nitrogen and oxygen atoms in total. The monoisotopic (exact) mass is 456 g/mol. The second-order valence-electron chi connectivity index (χ2n) is 6.74. The van der Waals surface area contributed by atoms with E-state index >= 15 is 0 Å². The second-order valence-corrected chi connectivity index (χ2v) is 8.30. The maximum Gasteiger partial charge on any atom is 0.255 e. The summed E-state index contributed by atoms with van der Waals surface area (Å²) in [6.45, 7) is 2.54. The average molecular weight is 457 g/mol. The molecule has 32 heavy (non-hydrogen) atoms. The number of methoxy groups -OCH3 is 1. The molecule has 0 saturated carbocycles. The molecule has 0 bridgehead atoms. The molecule has 9 heteroatoms. The van der Waals surface area contributed by atoms with Gasteiger partial charge in [0.15, 0.2) is 0 Å². The molecule has 168 valence electrons. The number of sulfonamides is 1. The van der Waals surface area contributed by atoms with Gasteiger partial charge in [-0.3, -0.25) is 4.79 Å². The number of hydrogen-bond donors (Lipinski definition) is 2. The van der Waals surface area contributed by atoms with Crippen molar-refractivity contribution >= 4 is 21.6 Å². The SMILES string of the molecule is CCOc1ccc(C(=O)Nc2ccc(S(N)(=O)=O)cc2)cc1COc1ccc(OC)cc1. The fourth-order valence-corrected chi connectivity index (χ4v) is 3.41. The Labute approximate surface area is 187 Å². The van der Waals surface area contributed by atoms with Gasteiger partial charge in [-0.15, -0.1) is 0 Å². The number of nitrogens with one attached hydrogen (secondary N) is 1. The normalized spacial score (nSPS) is 11.0. The van der Waals surface area contributed by atoms with Crippen LogP contribution >= 0.6 is 0 Å². The zero-order valence-corrected chi connectivity index (χ0v) is 18.5. The standard InChI is InChI=1S/C23H24N2O6S/c1-3-30-22-13-4-16(14-17(22)15-31-20-9-7-19(29-2)8-10-20)23(26)25-18-5-11-21(12-6-18)32(24,27)28/h4-14H,3,15H2,1-2H3,(H,25,26)(H2,24,27,28). The Morgan fingerprint density at radius 1 is 0.938 bits per heavy atom. The molecule has 1 amide bonds. The lowest BCUT2D eigenvalue weighted by Crippen LogP contribution is -2.14. The summed E-state index contributed by atoms with van der Waals surface area (Å²) in [5.41, 5.74) is 1.55. The third kappa shape index (κ3) is 5.99. The minimum absolute atomic E-state index is 0.0328. The predicted octanol–water partition coefficient (Wildman–Crippen LogP) is 3.57. The first-order valence-corrected chi connectivity index (χ1v) is 11.3. The van der Waals surface area contributed by atoms with Crippen molar-refractivity contribution in [2.45, 2.75) is 18.4 Å². The third-order valence-electron chi connectivity index (χ3n) is 4.52. The van der Waals surface area contributed by atoms with Gasteiger partial charge in [-0.05, 0) is 73.7 Å². The average Bonchev–Trinajstić information content (AvgIpc) is 2.78. The first kappa shape index (κ1) is 23.1. The number of carbonyl (C=O) groups excluding carboxylic acids is 1. The van der Waals surface area contributed by atoms with Crippen LogP contribution in [-0.4, -0.2) is 28.0 Å². The van der Waals surface area contributed by atoms with Gasteiger partial charge >= 0.3 is 0 Å². The number of ether oxygens (including phenoxy) is 3. The summed E-state index contributed by atoms with van der Waals surface area (Å²) < 4.78 is 39.4. The Balaban J connectivity index is 1.75. The Morgan fingerprint density at radius 2 is 1.59 bits per heavy atom. The molecule has 3 rings (SSSR count). The number of nitrogens with two attached hydrogens (primary N) is 1. The summed E-state index contributed by atoms with van der Waals surface area (Å²) in [6, 6.07) is 17.8. The lowest BCUT2D eigenvalue weighted by molar-refractivity contribution is 0.102. The van der Waals surface area contributed by atoms with Crippen LogP contribution in [0.5, 0.6) is 17.2 Å². The fourth-order valence-electron chi connectivity index (χ4n) is 2.89. The largest absolute Gasteiger partial charge is 0.497 e. The van der Waals surface area contributed by atoms with Crippen LogP contribution in [0.15, 0.2) is 71.6 Å². The number of benzene rings is 3. The topological polar surface area (TPSA) is 117 Å². The Morgan fingerprint density at radius 3 is 2.19 bits per heavy atom. The first-order chi connectivity index (χ1) is 15.3. The van der Waals surface area contributed by atoms with E-state index in [-0.39, 0.29) is 17.4 Å². The first-order valence-electron chi connectivity index (χ1n) is 9.77. The van der Waals surface area contributed by atoms with Crippen molar-refractivity contribution in [1.82, 2.24) is 0 Å². The van der Waals surface area contributed by atoms with Gasteiger partial charge in [-0.1, -0.05) is 0 Å². The Bertz CT molecular complexity index is 1180. The lowest BCUT2D eigenvalue weighted by Gasteiger charge is -2.14. The summed E-state index contributed by atoms with van der Waals surface area (Å²) in [6.07, 6.45) is 0. The van der Waals surface area contributed by atoms with Crippen molar-refractivity contribution in [2.75, 3.05) is 19.0 Å². The zero-order chi connectivity index (χ0) is 23.1. The van der Waals surface area contributed by atoms with E-state index in [1.807, 2.05) is 6.92 Å². The van der Waals surface area contributed by atoms with Crippen LogP contribution in [0.2, 0.25) is 0 Å². The summed E-state index contributed by atoms with van der Waals surface area (Å²) in [7, 11) is -2.20. The molecule has 0 fully saturated rings. The number of amides is 1. The van der Waals surface area contributed by atoms with Gasteiger partial charge in [0.25, 0.3) is 5.91 Å². The quantitative estimate of drug-likeness (QED) is 0.508. The number of hydrogen-bond acceptors (Lipinski definition) is 6. The van der Waals surface area contributed by atoms with E-state index in [4.69, 9.17) is 19.3 Å². The van der Waals surface area contributed by atoms with Crippen LogP contribution in [0.1, 0.15) is 22.8 Å². The van der Waals surface area contributed by atoms with E-state index in [1.54, 1.807) is 49.6 Å². The molecule has 3 aromatic carbocycles. The second kappa shape index (κ2) is 10.2. The van der Waals surface area contributed by atoms with Crippen molar-refractivity contribution in [3.8, 4) is 17.2 Å². The molecule has 0 aliphatic heterocycles. The maximum absolute atomic E-state index is 12.7. The van der Waals surface area contributed by atoms with Crippen LogP contribution in [0.4, 0.5) is 5.69 Å². The highest BCUT2D eigenvalue weighted by molar-refractivity contribution is 7.89. The number of primary sulfonamides is 1. The Hall–Kier alpha value is -3.56. The number of rotatable bonds is 9. The molecule has 0 heterocycles. The third-order valence-corrected chi connectivity index (χ3v) is 5.45. The van der Waals surface area contributed by atoms with Crippen molar-refractivity contribution < 1.29 is 27.4 Å². The van der Waals surface area contributed by atoms with Gasteiger partial charge in [0.2, 0.25) is 10.0 Å². The molecule has 0 aliphatic carbocycles. The fraction of sp³-hybridized carbons (Fsp3) is 0.174. The molecule has 3 aromatic rings. The zero-order valence-electron chi connectivity index (χ0n) is 17.7. The van der Waals surface area contributed by atoms with Crippen molar-refractivity contribution in [3.05, 3.63) is 77.9 Å². The van der Waals surface area contributed by atoms with Crippen LogP contribution in [0, 0.1) is 0 Å². The molecule has 0 atom stereocenters. The Kier molecular flexibility index (Phi) is 7.34. The van der Waals surface area contributed by atoms with Gasteiger partial charge in [-0.25, -0.2) is 13.6 Å². The molecule has 0 aromatic heterocycles. The van der Waals surface area contributed by atoms with Crippen molar-refractivity contribution in [3.63, 3.8) is 0 Å². The lowest BCUT2D eigenvalue weighted by atomic mass is 10.1. The molecule has 0 saturated heterocycles. The van der Waals surface area contributed by atoms with Crippen molar-refractivity contribution in [1.29, 1.82) is 0 Å². The number of carbonyl (C=O) groups is 1. The van der Waals surface area contributed by atoms with Crippen LogP contribution in [0.25, 0.3) is 0 Å². The van der Waals surface area contributed by atoms with E-state index in [2.05, 4.69) is 5.32 Å². The molecule has 0 unspecified atom stereocenters. The summed E-state index contributed by atoms with van der Waals surface area (Å²) >= 11 is 0. The van der Waals surface area contributed by atoms with Crippen molar-refractivity contribution in [2.24, 2.45) is 5.14 Å². The van der Waals surface area contributed by atoms with E-state index < -0.39 is 10.0 Å². The molecule has 0 spiro atoms. The number of anilines is 1. The molecule has 3 N–H and O–H groups in total. The van der Waals surface area contributed by atoms with Gasteiger partial charge < -0.3 is 19.5 Å². The van der Waals surface area contributed by atoms with Crippen LogP contribution in [-0.2, 0) is 16.6 Å². The van der Waals surface area contributed by atoms with Crippen LogP contribution < -0.4 is 24.7 Å². The molecular weight excluding hydrogens is 432 g/mol. The molecule has 0 aliphatic rings. The predicted molar refractivity (Wildman–Crippen MR) is 121 cm³/mol. The molecular formula is C23H24N2O6S. The van der Waals surface area contributed by atoms with E-state index in [1.165, 1.54) is 24.3 Å². The minimum Gasteiger partial charge on any atom is -0.497 e. The van der Waals surface area contributed by atoms with Gasteiger partial charge in [-0.2, -0.15) is 0 Å². The highest BCUT2D eigenvalue weighted by Gasteiger charge is 2.13. The maximum atomic E-state index is 12.7. The minimum atomic E-state index is -3.80. The smallest absolute Gasteiger partial charge is 0.255 e. The summed E-state index contributed by atoms with van der Waals surface area (Å²) in [5.74, 6) is 1.64. The van der Waals surface area contributed by atoms with Crippen LogP contribution in [0.3, 0.4) is 0 Å². The molecule has 0 radical (unpaired) electrons.